The highest BCUT2D eigenvalue weighted by Gasteiger charge is 2.61. The monoisotopic (exact) mass is 222 g/mol. The van der Waals surface area contributed by atoms with Gasteiger partial charge in [0, 0.05) is 0 Å². The molecule has 0 aliphatic heterocycles. The number of nitrogens with two attached hydrogens (primary N) is 1. The van der Waals surface area contributed by atoms with E-state index in [1.165, 1.54) is 19.3 Å². The number of hydrogen-bond acceptors (Lipinski definition) is 2. The molecule has 2 atom stereocenters. The predicted molar refractivity (Wildman–Crippen MR) is 58.2 cm³/mol. The Hall–Kier alpha value is -1.06. The lowest BCUT2D eigenvalue weighted by molar-refractivity contribution is -0.134. The van der Waals surface area contributed by atoms with Crippen LogP contribution in [0.25, 0.3) is 0 Å². The quantitative estimate of drug-likeness (QED) is 0.726. The molecule has 4 bridgehead atoms. The lowest BCUT2D eigenvalue weighted by Gasteiger charge is -2.31. The number of hydrogen-bond donors (Lipinski definition) is 2. The molecule has 2 amide bonds. The molecule has 0 aromatic carbocycles. The van der Waals surface area contributed by atoms with Gasteiger partial charge in [0.25, 0.3) is 0 Å². The van der Waals surface area contributed by atoms with Gasteiger partial charge in [-0.05, 0) is 49.9 Å². The summed E-state index contributed by atoms with van der Waals surface area (Å²) in [6, 6.07) is 0. The summed E-state index contributed by atoms with van der Waals surface area (Å²) in [6.45, 7) is -0.0113. The third-order valence-corrected chi connectivity index (χ3v) is 4.87. The van der Waals surface area contributed by atoms with E-state index in [-0.39, 0.29) is 17.9 Å². The zero-order chi connectivity index (χ0) is 11.3. The molecule has 4 fully saturated rings. The van der Waals surface area contributed by atoms with E-state index < -0.39 is 5.91 Å². The summed E-state index contributed by atoms with van der Waals surface area (Å²) in [7, 11) is 0. The van der Waals surface area contributed by atoms with Gasteiger partial charge in [-0.2, -0.15) is 0 Å². The second-order valence-corrected chi connectivity index (χ2v) is 5.85. The fraction of sp³-hybridized carbons (Fsp3) is 0.833. The van der Waals surface area contributed by atoms with Gasteiger partial charge in [0.1, 0.15) is 0 Å². The van der Waals surface area contributed by atoms with Crippen LogP contribution in [0.15, 0.2) is 0 Å². The first-order valence-electron chi connectivity index (χ1n) is 6.17. The van der Waals surface area contributed by atoms with E-state index in [9.17, 15) is 9.59 Å². The van der Waals surface area contributed by atoms with Gasteiger partial charge in [0.2, 0.25) is 11.8 Å². The molecule has 4 saturated carbocycles. The molecule has 4 heteroatoms. The fourth-order valence-corrected chi connectivity index (χ4v) is 4.51. The first kappa shape index (κ1) is 10.1. The molecule has 0 spiro atoms. The SMILES string of the molecule is NC(=O)CNC(=O)C12CC3CC(CC1C3)C2. The Labute approximate surface area is 94.9 Å². The second-order valence-electron chi connectivity index (χ2n) is 5.85. The number of amides is 2. The van der Waals surface area contributed by atoms with Crippen LogP contribution in [0.2, 0.25) is 0 Å². The van der Waals surface area contributed by atoms with Crippen LogP contribution in [0.4, 0.5) is 0 Å². The van der Waals surface area contributed by atoms with Gasteiger partial charge in [-0.3, -0.25) is 9.59 Å². The van der Waals surface area contributed by atoms with Gasteiger partial charge in [-0.25, -0.2) is 0 Å². The van der Waals surface area contributed by atoms with Crippen molar-refractivity contribution in [2.75, 3.05) is 6.54 Å². The van der Waals surface area contributed by atoms with Crippen LogP contribution in [-0.2, 0) is 9.59 Å². The molecular weight excluding hydrogens is 204 g/mol. The van der Waals surface area contributed by atoms with Gasteiger partial charge in [0.15, 0.2) is 0 Å². The highest BCUT2D eigenvalue weighted by atomic mass is 16.2. The average Bonchev–Trinajstić information content (AvgIpc) is 2.61. The molecule has 4 rings (SSSR count). The van der Waals surface area contributed by atoms with Crippen molar-refractivity contribution in [3.05, 3.63) is 0 Å². The number of rotatable bonds is 3. The lowest BCUT2D eigenvalue weighted by Crippen LogP contribution is -2.44. The number of carbonyl (C=O) groups excluding carboxylic acids is 2. The number of carbonyl (C=O) groups is 2. The maximum absolute atomic E-state index is 12.2. The van der Waals surface area contributed by atoms with E-state index in [1.807, 2.05) is 0 Å². The Bertz CT molecular complexity index is 339. The summed E-state index contributed by atoms with van der Waals surface area (Å²) < 4.78 is 0. The van der Waals surface area contributed by atoms with Gasteiger partial charge in [-0.15, -0.1) is 0 Å². The number of nitrogens with one attached hydrogen (secondary N) is 1. The van der Waals surface area contributed by atoms with Crippen LogP contribution in [0.1, 0.15) is 32.1 Å². The molecule has 0 radical (unpaired) electrons. The molecule has 0 aromatic heterocycles. The largest absolute Gasteiger partial charge is 0.368 e. The Morgan fingerprint density at radius 3 is 2.38 bits per heavy atom. The van der Waals surface area contributed by atoms with E-state index in [1.54, 1.807) is 0 Å². The topological polar surface area (TPSA) is 72.2 Å². The summed E-state index contributed by atoms with van der Waals surface area (Å²) in [4.78, 5) is 22.9. The van der Waals surface area contributed by atoms with Crippen molar-refractivity contribution in [1.29, 1.82) is 0 Å². The van der Waals surface area contributed by atoms with E-state index in [2.05, 4.69) is 5.32 Å². The molecule has 4 aliphatic rings. The minimum Gasteiger partial charge on any atom is -0.368 e. The third kappa shape index (κ3) is 1.28. The van der Waals surface area contributed by atoms with E-state index >= 15 is 0 Å². The van der Waals surface area contributed by atoms with Crippen LogP contribution >= 0.6 is 0 Å². The molecule has 0 aromatic rings. The molecule has 4 nitrogen and oxygen atoms in total. The second kappa shape index (κ2) is 3.22. The lowest BCUT2D eigenvalue weighted by atomic mass is 9.75. The van der Waals surface area contributed by atoms with Crippen LogP contribution in [0, 0.1) is 23.2 Å². The number of primary amides is 1. The first-order chi connectivity index (χ1) is 7.60. The summed E-state index contributed by atoms with van der Waals surface area (Å²) in [5, 5.41) is 2.71. The standard InChI is InChI=1S/C12H18N2O2/c13-10(15)6-14-11(16)12-4-7-1-8(5-12)3-9(12)2-7/h7-9H,1-6H2,(H2,13,15)(H,14,16). The molecule has 2 unspecified atom stereocenters. The molecule has 4 aliphatic carbocycles. The molecule has 88 valence electrons. The average molecular weight is 222 g/mol. The van der Waals surface area contributed by atoms with Crippen LogP contribution in [-0.4, -0.2) is 18.4 Å². The highest BCUT2D eigenvalue weighted by molar-refractivity contribution is 5.88. The molecule has 16 heavy (non-hydrogen) atoms. The van der Waals surface area contributed by atoms with Crippen LogP contribution in [0.3, 0.4) is 0 Å². The zero-order valence-corrected chi connectivity index (χ0v) is 9.37. The Balaban J connectivity index is 1.74. The summed E-state index contributed by atoms with van der Waals surface area (Å²) in [5.74, 6) is 1.72. The van der Waals surface area contributed by atoms with Crippen molar-refractivity contribution in [1.82, 2.24) is 5.32 Å². The van der Waals surface area contributed by atoms with Crippen molar-refractivity contribution in [2.45, 2.75) is 32.1 Å². The minimum absolute atomic E-state index is 0.0113. The van der Waals surface area contributed by atoms with Crippen molar-refractivity contribution in [2.24, 2.45) is 28.9 Å². The van der Waals surface area contributed by atoms with Crippen molar-refractivity contribution < 1.29 is 9.59 Å². The van der Waals surface area contributed by atoms with Crippen molar-refractivity contribution in [3.8, 4) is 0 Å². The van der Waals surface area contributed by atoms with E-state index in [4.69, 9.17) is 5.73 Å². The summed E-state index contributed by atoms with van der Waals surface area (Å²) in [6.07, 6.45) is 5.85. The summed E-state index contributed by atoms with van der Waals surface area (Å²) >= 11 is 0. The van der Waals surface area contributed by atoms with Crippen LogP contribution < -0.4 is 11.1 Å². The third-order valence-electron chi connectivity index (χ3n) is 4.87. The maximum atomic E-state index is 12.2. The van der Waals surface area contributed by atoms with Gasteiger partial charge in [0.05, 0.1) is 12.0 Å². The molecule has 0 saturated heterocycles. The Kier molecular flexibility index (Phi) is 2.03. The zero-order valence-electron chi connectivity index (χ0n) is 9.37. The van der Waals surface area contributed by atoms with Crippen molar-refractivity contribution >= 4 is 11.8 Å². The highest BCUT2D eigenvalue weighted by Crippen LogP contribution is 2.65. The van der Waals surface area contributed by atoms with Crippen molar-refractivity contribution in [3.63, 3.8) is 0 Å². The minimum atomic E-state index is -0.456. The van der Waals surface area contributed by atoms with Gasteiger partial charge >= 0.3 is 0 Å². The summed E-state index contributed by atoms with van der Waals surface area (Å²) in [5.41, 5.74) is 4.92. The van der Waals surface area contributed by atoms with E-state index in [0.717, 1.165) is 24.7 Å². The Morgan fingerprint density at radius 2 is 1.81 bits per heavy atom. The normalized spacial score (nSPS) is 43.6. The smallest absolute Gasteiger partial charge is 0.236 e. The molecular formula is C12H18N2O2. The molecule has 3 N–H and O–H groups in total. The van der Waals surface area contributed by atoms with Gasteiger partial charge < -0.3 is 11.1 Å². The van der Waals surface area contributed by atoms with Gasteiger partial charge in [-0.1, -0.05) is 0 Å². The first-order valence-corrected chi connectivity index (χ1v) is 6.17. The van der Waals surface area contributed by atoms with E-state index in [0.29, 0.717) is 5.92 Å². The molecule has 0 heterocycles. The maximum Gasteiger partial charge on any atom is 0.236 e. The fourth-order valence-electron chi connectivity index (χ4n) is 4.51. The van der Waals surface area contributed by atoms with Crippen LogP contribution in [0.5, 0.6) is 0 Å². The Morgan fingerprint density at radius 1 is 1.19 bits per heavy atom. The predicted octanol–water partition coefficient (Wildman–Crippen LogP) is 0.414.